The van der Waals surface area contributed by atoms with Gasteiger partial charge >= 0.3 is 6.09 Å². The molecular formula is C60H108N10O29. The lowest BCUT2D eigenvalue weighted by Crippen LogP contribution is -2.60. The highest BCUT2D eigenvalue weighted by molar-refractivity contribution is 5.91. The van der Waals surface area contributed by atoms with E-state index in [0.717, 1.165) is 0 Å². The number of rotatable bonds is 44. The van der Waals surface area contributed by atoms with Gasteiger partial charge in [-0.15, -0.1) is 0 Å². The third kappa shape index (κ3) is 29.2. The summed E-state index contributed by atoms with van der Waals surface area (Å²) in [6, 6.07) is -2.92. The van der Waals surface area contributed by atoms with Crippen molar-refractivity contribution in [2.75, 3.05) is 85.3 Å². The number of nitrogens with one attached hydrogen (secondary N) is 9. The molecule has 572 valence electrons. The second kappa shape index (κ2) is 44.9. The van der Waals surface area contributed by atoms with Crippen molar-refractivity contribution in [2.24, 2.45) is 0 Å². The molecule has 0 aromatic carbocycles. The fraction of sp³-hybridized carbons (Fsp3) is 0.867. The number of amides is 8. The van der Waals surface area contributed by atoms with E-state index < -0.39 is 196 Å². The van der Waals surface area contributed by atoms with Crippen LogP contribution < -0.4 is 47.9 Å². The van der Waals surface area contributed by atoms with Crippen molar-refractivity contribution in [1.29, 1.82) is 0 Å². The number of carbonyl (C=O) groups excluding carboxylic acids is 7. The molecule has 39 nitrogen and oxygen atoms in total. The molecule has 0 aromatic heterocycles. The zero-order valence-corrected chi connectivity index (χ0v) is 56.5. The van der Waals surface area contributed by atoms with E-state index in [1.165, 1.54) is 32.6 Å². The van der Waals surface area contributed by atoms with E-state index in [4.69, 9.17) is 37.9 Å². The Bertz CT molecular complexity index is 2460. The molecule has 4 heterocycles. The third-order valence-electron chi connectivity index (χ3n) is 16.8. The summed E-state index contributed by atoms with van der Waals surface area (Å²) in [5.74, 6) is -4.28. The number of nitrogens with zero attached hydrogens (tertiary/aromatic N) is 1. The Balaban J connectivity index is 1.39. The molecule has 4 aliphatic rings. The van der Waals surface area contributed by atoms with Crippen LogP contribution in [0.1, 0.15) is 105 Å². The second-order valence-electron chi connectivity index (χ2n) is 24.7. The van der Waals surface area contributed by atoms with Gasteiger partial charge in [0.05, 0.1) is 82.4 Å². The predicted octanol–water partition coefficient (Wildman–Crippen LogP) is -9.29. The highest BCUT2D eigenvalue weighted by Crippen LogP contribution is 2.26. The minimum Gasteiger partial charge on any atom is -0.465 e. The lowest BCUT2D eigenvalue weighted by Gasteiger charge is -2.40. The summed E-state index contributed by atoms with van der Waals surface area (Å²) in [6.07, 6.45) is -28.4. The maximum atomic E-state index is 14.6. The molecule has 4 fully saturated rings. The predicted molar refractivity (Wildman–Crippen MR) is 338 cm³/mol. The van der Waals surface area contributed by atoms with Crippen molar-refractivity contribution in [3.63, 3.8) is 0 Å². The van der Waals surface area contributed by atoms with Crippen molar-refractivity contribution in [3.05, 3.63) is 0 Å². The first kappa shape index (κ1) is 86.1. The minimum absolute atomic E-state index is 0.0315. The summed E-state index contributed by atoms with van der Waals surface area (Å²) < 4.78 is 44.0. The van der Waals surface area contributed by atoms with Crippen LogP contribution in [-0.4, -0.2) is 345 Å². The van der Waals surface area contributed by atoms with Crippen LogP contribution >= 0.6 is 0 Å². The highest BCUT2D eigenvalue weighted by atomic mass is 16.7. The van der Waals surface area contributed by atoms with Gasteiger partial charge < -0.3 is 141 Å². The molecule has 4 aliphatic heterocycles. The second-order valence-corrected chi connectivity index (χ2v) is 24.7. The Morgan fingerprint density at radius 3 is 1.24 bits per heavy atom. The number of aliphatic hydroxyl groups is 12. The van der Waals surface area contributed by atoms with Gasteiger partial charge in [-0.1, -0.05) is 6.42 Å². The first-order chi connectivity index (χ1) is 47.0. The molecule has 8 amide bonds. The highest BCUT2D eigenvalue weighted by Gasteiger charge is 2.47. The average molecular weight is 1430 g/mol. The van der Waals surface area contributed by atoms with Crippen molar-refractivity contribution < 1.29 is 143 Å². The SMILES string of the molecule is CCNC(=O)[C@H](CC(=O)NCCCCCC(=O)NCCO[C@@H]1O[C@@H](C)[C@@H](O)[C@@H](O)[C@@H]1O)N(CC(=O)NCCO[C@@H]1O[C@@H](C)[C@@H](O)[C@@H](O)[C@@H]1O)C(CCCCNC(=O)CNCC(=O)NCCCCC(NC(=O)O)O[C@@H]1O[C@@H](C)[C@@H](O)[C@@H](O)[C@@H]1O)C(=O)NCCO[C@@H]1O[C@@H](C)[C@@H](O)[C@@H](O)[C@@H]1O. The van der Waals surface area contributed by atoms with Crippen molar-refractivity contribution in [2.45, 2.75) is 246 Å². The topological polar surface area (TPSA) is 585 Å². The van der Waals surface area contributed by atoms with E-state index in [-0.39, 0.29) is 117 Å². The van der Waals surface area contributed by atoms with Gasteiger partial charge in [-0.05, 0) is 86.0 Å². The van der Waals surface area contributed by atoms with Crippen molar-refractivity contribution >= 4 is 47.4 Å². The fourth-order valence-electron chi connectivity index (χ4n) is 10.9. The molecule has 0 saturated carbocycles. The normalized spacial score (nSPS) is 31.0. The van der Waals surface area contributed by atoms with Gasteiger partial charge in [-0.3, -0.25) is 49.1 Å². The molecule has 0 bridgehead atoms. The van der Waals surface area contributed by atoms with E-state index in [0.29, 0.717) is 32.1 Å². The summed E-state index contributed by atoms with van der Waals surface area (Å²) in [5, 5.41) is 155. The lowest BCUT2D eigenvalue weighted by molar-refractivity contribution is -0.306. The van der Waals surface area contributed by atoms with Crippen LogP contribution in [0.25, 0.3) is 0 Å². The molecule has 0 aliphatic carbocycles. The molecule has 0 radical (unpaired) electrons. The van der Waals surface area contributed by atoms with Crippen LogP contribution in [0.5, 0.6) is 0 Å². The van der Waals surface area contributed by atoms with Gasteiger partial charge in [-0.2, -0.15) is 0 Å². The van der Waals surface area contributed by atoms with Gasteiger partial charge in [0, 0.05) is 52.2 Å². The molecule has 23 atom stereocenters. The van der Waals surface area contributed by atoms with Gasteiger partial charge in [0.1, 0.15) is 79.5 Å². The molecule has 99 heavy (non-hydrogen) atoms. The van der Waals surface area contributed by atoms with E-state index in [9.17, 15) is 105 Å². The zero-order chi connectivity index (χ0) is 73.5. The maximum absolute atomic E-state index is 14.6. The van der Waals surface area contributed by atoms with Gasteiger partial charge in [0.25, 0.3) is 0 Å². The zero-order valence-electron chi connectivity index (χ0n) is 56.5. The van der Waals surface area contributed by atoms with Gasteiger partial charge in [0.2, 0.25) is 41.4 Å². The number of hydrogen-bond donors (Lipinski definition) is 22. The van der Waals surface area contributed by atoms with Gasteiger partial charge in [0.15, 0.2) is 25.2 Å². The molecule has 4 rings (SSSR count). The summed E-state index contributed by atoms with van der Waals surface area (Å²) in [5.41, 5.74) is 0. The largest absolute Gasteiger partial charge is 0.465 e. The Kier molecular flexibility index (Phi) is 39.1. The summed E-state index contributed by atoms with van der Waals surface area (Å²) >= 11 is 0. The molecule has 22 N–H and O–H groups in total. The maximum Gasteiger partial charge on any atom is 0.406 e. The Labute approximate surface area is 572 Å². The quantitative estimate of drug-likeness (QED) is 0.0199. The Morgan fingerprint density at radius 2 is 0.788 bits per heavy atom. The van der Waals surface area contributed by atoms with E-state index in [2.05, 4.69) is 47.9 Å². The first-order valence-electron chi connectivity index (χ1n) is 33.6. The van der Waals surface area contributed by atoms with Crippen molar-refractivity contribution in [1.82, 2.24) is 52.8 Å². The van der Waals surface area contributed by atoms with Crippen molar-refractivity contribution in [3.8, 4) is 0 Å². The molecule has 0 aromatic rings. The van der Waals surface area contributed by atoms with Gasteiger partial charge in [-0.25, -0.2) is 4.79 Å². The van der Waals surface area contributed by atoms with E-state index >= 15 is 0 Å². The minimum atomic E-state index is -1.67. The lowest BCUT2D eigenvalue weighted by atomic mass is 10.00. The number of carbonyl (C=O) groups is 8. The average Bonchev–Trinajstić information content (AvgIpc) is 0.868. The number of hydrogen-bond acceptors (Lipinski definition) is 30. The summed E-state index contributed by atoms with van der Waals surface area (Å²) in [4.78, 5) is 108. The van der Waals surface area contributed by atoms with Crippen LogP contribution in [0.15, 0.2) is 0 Å². The van der Waals surface area contributed by atoms with Crippen LogP contribution in [0, 0.1) is 0 Å². The number of likely N-dealkylation sites (N-methyl/N-ethyl adjacent to an activating group) is 1. The molecule has 4 saturated heterocycles. The Hall–Kier alpha value is -5.32. The third-order valence-corrected chi connectivity index (χ3v) is 16.8. The van der Waals surface area contributed by atoms with Crippen LogP contribution in [0.4, 0.5) is 4.79 Å². The van der Waals surface area contributed by atoms with Crippen LogP contribution in [0.2, 0.25) is 0 Å². The first-order valence-corrected chi connectivity index (χ1v) is 33.6. The molecular weight excluding hydrogens is 1320 g/mol. The number of carboxylic acid groups (broad SMARTS) is 1. The van der Waals surface area contributed by atoms with Crippen LogP contribution in [0.3, 0.4) is 0 Å². The Morgan fingerprint density at radius 1 is 0.404 bits per heavy atom. The number of ether oxygens (including phenoxy) is 8. The van der Waals surface area contributed by atoms with Crippen LogP contribution in [-0.2, 0) is 71.5 Å². The molecule has 2 unspecified atom stereocenters. The van der Waals surface area contributed by atoms with E-state index in [1.807, 2.05) is 0 Å². The summed E-state index contributed by atoms with van der Waals surface area (Å²) in [6.45, 7) is 5.28. The van der Waals surface area contributed by atoms with E-state index in [1.54, 1.807) is 6.92 Å². The smallest absolute Gasteiger partial charge is 0.406 e. The number of unbranched alkanes of at least 4 members (excludes halogenated alkanes) is 4. The monoisotopic (exact) mass is 1430 g/mol. The molecule has 39 heteroatoms. The number of aliphatic hydroxyl groups excluding tert-OH is 12. The standard InChI is InChI=1S/C60H108N10O29/c1-6-62-55(89)35(26-37(72)63-17-11-7-8-15-36(71)66-20-23-92-56-50(84)46(80)42(76)30(2)95-56)70(29-40(75)67-21-24-93-57-51(85)47(81)43(77)31(3)96-57)34(54(88)68-22-25-94-58-52(86)48(82)44(78)32(4)97-58)14-9-12-18-64-38(73)27-61-28-39(74)65-19-13-10-16-41(69-60(90)91)99-59-53(87)49(83)45(79)33(5)98-59/h30-35,41-53,56-59,61,69,76-87H,6-29H2,1-5H3,(H,62,89)(H,63,72)(H,64,73)(H,65,74)(H,66,71)(H,67,75)(H,68,88)(H,90,91)/t30-,31-,32-,33-,34?,35-,41?,42+,43+,44+,45+,46+,47+,48+,49+,50-,51-,52-,53-,56+,57+,58+,59-/m0/s1. The fourth-order valence-corrected chi connectivity index (χ4v) is 10.9. The molecule has 0 spiro atoms. The summed E-state index contributed by atoms with van der Waals surface area (Å²) in [7, 11) is 0.